The predicted molar refractivity (Wildman–Crippen MR) is 87.1 cm³/mol. The van der Waals surface area contributed by atoms with E-state index in [1.165, 1.54) is 17.8 Å². The van der Waals surface area contributed by atoms with Crippen LogP contribution in [-0.4, -0.2) is 16.0 Å². The predicted octanol–water partition coefficient (Wildman–Crippen LogP) is 3.70. The molecule has 0 fully saturated rings. The van der Waals surface area contributed by atoms with Crippen LogP contribution >= 0.6 is 27.7 Å². The van der Waals surface area contributed by atoms with E-state index in [-0.39, 0.29) is 11.5 Å². The maximum atomic E-state index is 14.3. The number of amidine groups is 1. The number of aromatic hydroxyl groups is 1. The van der Waals surface area contributed by atoms with E-state index in [9.17, 15) is 9.50 Å². The number of phenolic OH excluding ortho intramolecular Hbond substituents is 1. The van der Waals surface area contributed by atoms with E-state index in [0.717, 1.165) is 16.1 Å². The van der Waals surface area contributed by atoms with Crippen LogP contribution in [0.2, 0.25) is 0 Å². The van der Waals surface area contributed by atoms with E-state index >= 15 is 0 Å². The molecule has 0 radical (unpaired) electrons. The second kappa shape index (κ2) is 4.63. The number of fused-ring (bicyclic) bond motifs is 4. The normalized spacial score (nSPS) is 22.0. The van der Waals surface area contributed by atoms with Gasteiger partial charge in [0.15, 0.2) is 16.7 Å². The Labute approximate surface area is 138 Å². The summed E-state index contributed by atoms with van der Waals surface area (Å²) in [5, 5.41) is 10.2. The van der Waals surface area contributed by atoms with Crippen LogP contribution in [0.5, 0.6) is 17.2 Å². The molecule has 1 atom stereocenters. The maximum Gasteiger partial charge on any atom is 0.169 e. The van der Waals surface area contributed by atoms with Crippen molar-refractivity contribution in [1.29, 1.82) is 0 Å². The number of ether oxygens (including phenoxy) is 1. The van der Waals surface area contributed by atoms with Crippen LogP contribution in [0.3, 0.4) is 0 Å². The summed E-state index contributed by atoms with van der Waals surface area (Å²) in [5.74, 6) is 0.379. The fourth-order valence-electron chi connectivity index (χ4n) is 2.87. The molecule has 7 heteroatoms. The summed E-state index contributed by atoms with van der Waals surface area (Å²) in [7, 11) is 0. The van der Waals surface area contributed by atoms with Crippen LogP contribution in [0.4, 0.5) is 4.39 Å². The molecule has 0 saturated heterocycles. The summed E-state index contributed by atoms with van der Waals surface area (Å²) in [6.45, 7) is 0. The Morgan fingerprint density at radius 2 is 2.14 bits per heavy atom. The zero-order chi connectivity index (χ0) is 15.5. The van der Waals surface area contributed by atoms with E-state index in [1.807, 2.05) is 12.1 Å². The lowest BCUT2D eigenvalue weighted by molar-refractivity contribution is 0.381. The van der Waals surface area contributed by atoms with Gasteiger partial charge in [0.1, 0.15) is 17.0 Å². The molecule has 1 spiro atoms. The Morgan fingerprint density at radius 1 is 1.32 bits per heavy atom. The number of nitrogens with zero attached hydrogens (tertiary/aromatic N) is 1. The van der Waals surface area contributed by atoms with Gasteiger partial charge in [-0.15, -0.1) is 0 Å². The van der Waals surface area contributed by atoms with Gasteiger partial charge in [0.05, 0.1) is 0 Å². The smallest absolute Gasteiger partial charge is 0.169 e. The molecule has 2 aromatic rings. The Bertz CT molecular complexity index is 843. The highest BCUT2D eigenvalue weighted by Gasteiger charge is 2.47. The van der Waals surface area contributed by atoms with Crippen molar-refractivity contribution in [3.63, 3.8) is 0 Å². The number of hydrogen-bond acceptors (Lipinski definition) is 5. The van der Waals surface area contributed by atoms with E-state index in [2.05, 4.69) is 20.9 Å². The zero-order valence-corrected chi connectivity index (χ0v) is 13.5. The van der Waals surface area contributed by atoms with E-state index in [4.69, 9.17) is 10.5 Å². The number of thioether (sulfide) groups is 1. The average Bonchev–Trinajstić information content (AvgIpc) is 2.85. The summed E-state index contributed by atoms with van der Waals surface area (Å²) >= 11 is 4.84. The quantitative estimate of drug-likeness (QED) is 0.730. The largest absolute Gasteiger partial charge is 0.508 e. The second-order valence-corrected chi connectivity index (χ2v) is 7.06. The number of aliphatic imine (C=N–C) groups is 1. The van der Waals surface area contributed by atoms with Gasteiger partial charge in [-0.25, -0.2) is 9.38 Å². The van der Waals surface area contributed by atoms with Gasteiger partial charge in [-0.3, -0.25) is 0 Å². The van der Waals surface area contributed by atoms with E-state index in [1.54, 1.807) is 6.07 Å². The highest BCUT2D eigenvalue weighted by Crippen LogP contribution is 2.54. The number of phenols is 1. The molecule has 0 aromatic heterocycles. The molecule has 2 aromatic carbocycles. The Kier molecular flexibility index (Phi) is 2.93. The van der Waals surface area contributed by atoms with Crippen LogP contribution in [0, 0.1) is 5.82 Å². The van der Waals surface area contributed by atoms with Gasteiger partial charge in [-0.05, 0) is 24.3 Å². The summed E-state index contributed by atoms with van der Waals surface area (Å²) in [4.78, 5) is 4.56. The molecule has 1 unspecified atom stereocenters. The molecular formula is C15H10BrFN2O2S. The fourth-order valence-corrected chi connectivity index (χ4v) is 4.18. The third-order valence-electron chi connectivity index (χ3n) is 3.80. The maximum absolute atomic E-state index is 14.3. The average molecular weight is 381 g/mol. The standard InChI is InChI=1S/C15H10BrFN2O2S/c16-7-1-2-12-9(3-7)15(6-22-14(18)19-15)10-4-8(20)5-11(17)13(10)21-12/h1-5,20H,6H2,(H2,18,19). The van der Waals surface area contributed by atoms with Crippen molar-refractivity contribution in [2.45, 2.75) is 5.54 Å². The monoisotopic (exact) mass is 380 g/mol. The molecule has 0 bridgehead atoms. The Hall–Kier alpha value is -1.73. The van der Waals surface area contributed by atoms with E-state index in [0.29, 0.717) is 22.2 Å². The lowest BCUT2D eigenvalue weighted by Crippen LogP contribution is -2.30. The molecule has 2 aliphatic heterocycles. The third-order valence-corrected chi connectivity index (χ3v) is 5.25. The molecule has 3 N–H and O–H groups in total. The molecule has 2 aliphatic rings. The second-order valence-electron chi connectivity index (χ2n) is 5.15. The molecule has 22 heavy (non-hydrogen) atoms. The molecule has 112 valence electrons. The van der Waals surface area contributed by atoms with Crippen molar-refractivity contribution in [3.05, 3.63) is 51.7 Å². The summed E-state index contributed by atoms with van der Waals surface area (Å²) in [6.07, 6.45) is 0. The van der Waals surface area contributed by atoms with Crippen LogP contribution in [0.1, 0.15) is 11.1 Å². The Morgan fingerprint density at radius 3 is 2.86 bits per heavy atom. The topological polar surface area (TPSA) is 67.8 Å². The third kappa shape index (κ3) is 1.85. The Balaban J connectivity index is 2.08. The number of nitrogens with two attached hydrogens (primary N) is 1. The molecule has 0 saturated carbocycles. The van der Waals surface area contributed by atoms with Gasteiger partial charge in [0.25, 0.3) is 0 Å². The first-order valence-corrected chi connectivity index (χ1v) is 8.26. The summed E-state index contributed by atoms with van der Waals surface area (Å²) in [6, 6.07) is 8.01. The first-order valence-electron chi connectivity index (χ1n) is 6.48. The van der Waals surface area contributed by atoms with Crippen molar-refractivity contribution in [3.8, 4) is 17.2 Å². The lowest BCUT2D eigenvalue weighted by Gasteiger charge is -2.34. The first kappa shape index (κ1) is 13.9. The number of hydrogen-bond donors (Lipinski definition) is 2. The summed E-state index contributed by atoms with van der Waals surface area (Å²) in [5.41, 5.74) is 6.31. The van der Waals surface area contributed by atoms with Crippen LogP contribution in [-0.2, 0) is 5.54 Å². The zero-order valence-electron chi connectivity index (χ0n) is 11.1. The van der Waals surface area contributed by atoms with Crippen LogP contribution in [0.15, 0.2) is 39.8 Å². The molecule has 2 heterocycles. The van der Waals surface area contributed by atoms with Gasteiger partial charge < -0.3 is 15.6 Å². The number of benzene rings is 2. The number of rotatable bonds is 0. The van der Waals surface area contributed by atoms with Crippen molar-refractivity contribution in [2.24, 2.45) is 10.7 Å². The van der Waals surface area contributed by atoms with Crippen molar-refractivity contribution in [2.75, 3.05) is 5.75 Å². The first-order chi connectivity index (χ1) is 10.5. The van der Waals surface area contributed by atoms with Gasteiger partial charge in [0, 0.05) is 27.4 Å². The van der Waals surface area contributed by atoms with Gasteiger partial charge in [-0.1, -0.05) is 27.7 Å². The fraction of sp³-hybridized carbons (Fsp3) is 0.133. The van der Waals surface area contributed by atoms with Crippen LogP contribution in [0.25, 0.3) is 0 Å². The minimum Gasteiger partial charge on any atom is -0.508 e. The van der Waals surface area contributed by atoms with Gasteiger partial charge in [0.2, 0.25) is 0 Å². The SMILES string of the molecule is NC1=NC2(CS1)c1cc(Br)ccc1Oc1c(F)cc(O)cc12. The molecule has 0 aliphatic carbocycles. The summed E-state index contributed by atoms with van der Waals surface area (Å²) < 4.78 is 20.8. The van der Waals surface area contributed by atoms with E-state index < -0.39 is 11.4 Å². The number of halogens is 2. The highest BCUT2D eigenvalue weighted by atomic mass is 79.9. The van der Waals surface area contributed by atoms with Crippen molar-refractivity contribution >= 4 is 32.9 Å². The van der Waals surface area contributed by atoms with Crippen molar-refractivity contribution in [1.82, 2.24) is 0 Å². The van der Waals surface area contributed by atoms with Gasteiger partial charge in [-0.2, -0.15) is 0 Å². The lowest BCUT2D eigenvalue weighted by atomic mass is 9.82. The van der Waals surface area contributed by atoms with Crippen LogP contribution < -0.4 is 10.5 Å². The van der Waals surface area contributed by atoms with Gasteiger partial charge >= 0.3 is 0 Å². The minimum atomic E-state index is -0.846. The minimum absolute atomic E-state index is 0.0895. The molecule has 4 nitrogen and oxygen atoms in total. The highest BCUT2D eigenvalue weighted by molar-refractivity contribution is 9.10. The molecule has 4 rings (SSSR count). The molecule has 0 amide bonds. The van der Waals surface area contributed by atoms with Crippen molar-refractivity contribution < 1.29 is 14.2 Å². The molecular weight excluding hydrogens is 371 g/mol.